The number of carbonyl (C=O) groups is 1. The predicted molar refractivity (Wildman–Crippen MR) is 74.2 cm³/mol. The van der Waals surface area contributed by atoms with Gasteiger partial charge in [-0.1, -0.05) is 11.6 Å². The molecule has 0 saturated heterocycles. The van der Waals surface area contributed by atoms with Gasteiger partial charge in [0.1, 0.15) is 24.5 Å². The van der Waals surface area contributed by atoms with Crippen LogP contribution in [0.25, 0.3) is 0 Å². The molecule has 0 aliphatic heterocycles. The summed E-state index contributed by atoms with van der Waals surface area (Å²) < 4.78 is 15.4. The van der Waals surface area contributed by atoms with Gasteiger partial charge in [0.25, 0.3) is 5.91 Å². The van der Waals surface area contributed by atoms with E-state index in [0.29, 0.717) is 11.6 Å². The number of benzene rings is 1. The van der Waals surface area contributed by atoms with Gasteiger partial charge in [-0.15, -0.1) is 0 Å². The highest BCUT2D eigenvalue weighted by Crippen LogP contribution is 2.24. The summed E-state index contributed by atoms with van der Waals surface area (Å²) in [6.07, 6.45) is 2.80. The van der Waals surface area contributed by atoms with Gasteiger partial charge in [0.15, 0.2) is 0 Å². The molecule has 20 heavy (non-hydrogen) atoms. The van der Waals surface area contributed by atoms with E-state index in [1.165, 1.54) is 34.4 Å². The molecule has 0 saturated carbocycles. The molecule has 1 atom stereocenters. The lowest BCUT2D eigenvalue weighted by molar-refractivity contribution is -0.121. The van der Waals surface area contributed by atoms with Crippen molar-refractivity contribution in [3.8, 4) is 0 Å². The van der Waals surface area contributed by atoms with Crippen LogP contribution >= 0.6 is 11.6 Å². The first-order valence-electron chi connectivity index (χ1n) is 6.15. The minimum absolute atomic E-state index is 0.203. The maximum atomic E-state index is 13.9. The summed E-state index contributed by atoms with van der Waals surface area (Å²) in [5, 5.41) is 4.22. The van der Waals surface area contributed by atoms with Crippen molar-refractivity contribution in [1.82, 2.24) is 14.8 Å². The topological polar surface area (TPSA) is 51.0 Å². The second-order valence-electron chi connectivity index (χ2n) is 4.23. The number of hydrogen-bond donors (Lipinski definition) is 0. The van der Waals surface area contributed by atoms with Crippen molar-refractivity contribution >= 4 is 23.2 Å². The van der Waals surface area contributed by atoms with Crippen LogP contribution in [0.4, 0.5) is 10.1 Å². The fourth-order valence-corrected chi connectivity index (χ4v) is 2.06. The lowest BCUT2D eigenvalue weighted by atomic mass is 10.2. The zero-order chi connectivity index (χ0) is 14.7. The molecule has 0 fully saturated rings. The third-order valence-electron chi connectivity index (χ3n) is 2.97. The Balaban J connectivity index is 2.30. The van der Waals surface area contributed by atoms with Gasteiger partial charge in [-0.2, -0.15) is 5.10 Å². The Morgan fingerprint density at radius 2 is 2.30 bits per heavy atom. The summed E-state index contributed by atoms with van der Waals surface area (Å²) >= 11 is 5.72. The first kappa shape index (κ1) is 14.5. The van der Waals surface area contributed by atoms with Gasteiger partial charge in [0.05, 0.1) is 5.69 Å². The van der Waals surface area contributed by atoms with Crippen molar-refractivity contribution in [1.29, 1.82) is 0 Å². The Labute approximate surface area is 121 Å². The van der Waals surface area contributed by atoms with Crippen molar-refractivity contribution in [2.75, 3.05) is 11.4 Å². The zero-order valence-electron chi connectivity index (χ0n) is 11.1. The summed E-state index contributed by atoms with van der Waals surface area (Å²) in [7, 11) is 0. The number of anilines is 1. The predicted octanol–water partition coefficient (Wildman–Crippen LogP) is 2.68. The van der Waals surface area contributed by atoms with Crippen molar-refractivity contribution < 1.29 is 9.18 Å². The molecule has 7 heteroatoms. The SMILES string of the molecule is CCN(C(=O)[C@H](C)n1cncn1)c1ccc(Cl)cc1F. The highest BCUT2D eigenvalue weighted by molar-refractivity contribution is 6.30. The molecule has 0 N–H and O–H groups in total. The number of carbonyl (C=O) groups excluding carboxylic acids is 1. The number of nitrogens with zero attached hydrogens (tertiary/aromatic N) is 4. The van der Waals surface area contributed by atoms with Crippen molar-refractivity contribution in [2.24, 2.45) is 0 Å². The van der Waals surface area contributed by atoms with Crippen molar-refractivity contribution in [2.45, 2.75) is 19.9 Å². The van der Waals surface area contributed by atoms with Gasteiger partial charge in [0.2, 0.25) is 0 Å². The van der Waals surface area contributed by atoms with Gasteiger partial charge in [-0.25, -0.2) is 14.1 Å². The van der Waals surface area contributed by atoms with Crippen LogP contribution in [-0.2, 0) is 4.79 Å². The molecular weight excluding hydrogens is 283 g/mol. The third-order valence-corrected chi connectivity index (χ3v) is 3.21. The summed E-state index contributed by atoms with van der Waals surface area (Å²) in [4.78, 5) is 17.6. The van der Waals surface area contributed by atoms with E-state index < -0.39 is 11.9 Å². The number of hydrogen-bond acceptors (Lipinski definition) is 3. The van der Waals surface area contributed by atoms with E-state index in [0.717, 1.165) is 0 Å². The molecular formula is C13H14ClFN4O. The average Bonchev–Trinajstić information content (AvgIpc) is 2.94. The average molecular weight is 297 g/mol. The molecule has 2 rings (SSSR count). The minimum atomic E-state index is -0.562. The van der Waals surface area contributed by atoms with Crippen LogP contribution in [-0.4, -0.2) is 27.2 Å². The summed E-state index contributed by atoms with van der Waals surface area (Å²) in [6, 6.07) is 3.67. The van der Waals surface area contributed by atoms with E-state index in [-0.39, 0.29) is 11.6 Å². The first-order valence-corrected chi connectivity index (χ1v) is 6.53. The zero-order valence-corrected chi connectivity index (χ0v) is 11.9. The largest absolute Gasteiger partial charge is 0.308 e. The molecule has 106 valence electrons. The van der Waals surface area contributed by atoms with Crippen LogP contribution < -0.4 is 4.90 Å². The van der Waals surface area contributed by atoms with Crippen LogP contribution in [0, 0.1) is 5.82 Å². The highest BCUT2D eigenvalue weighted by atomic mass is 35.5. The molecule has 1 aromatic carbocycles. The number of aromatic nitrogens is 3. The number of amides is 1. The molecule has 0 aliphatic rings. The van der Waals surface area contributed by atoms with Crippen molar-refractivity contribution in [3.05, 3.63) is 41.7 Å². The summed E-state index contributed by atoms with van der Waals surface area (Å²) in [5.41, 5.74) is 0.203. The van der Waals surface area contributed by atoms with Crippen LogP contribution in [0.3, 0.4) is 0 Å². The quantitative estimate of drug-likeness (QED) is 0.871. The molecule has 2 aromatic rings. The van der Waals surface area contributed by atoms with Crippen LogP contribution in [0.15, 0.2) is 30.9 Å². The lowest BCUT2D eigenvalue weighted by Gasteiger charge is -2.25. The van der Waals surface area contributed by atoms with E-state index in [9.17, 15) is 9.18 Å². The molecule has 0 unspecified atom stereocenters. The number of rotatable bonds is 4. The third kappa shape index (κ3) is 2.80. The Bertz CT molecular complexity index is 602. The fourth-order valence-electron chi connectivity index (χ4n) is 1.90. The van der Waals surface area contributed by atoms with Gasteiger partial charge in [0, 0.05) is 11.6 Å². The fraction of sp³-hybridized carbons (Fsp3) is 0.308. The van der Waals surface area contributed by atoms with E-state index in [4.69, 9.17) is 11.6 Å². The van der Waals surface area contributed by atoms with Gasteiger partial charge < -0.3 is 4.90 Å². The Kier molecular flexibility index (Phi) is 4.34. The molecule has 1 aromatic heterocycles. The Morgan fingerprint density at radius 1 is 1.55 bits per heavy atom. The van der Waals surface area contributed by atoms with E-state index >= 15 is 0 Å². The number of likely N-dealkylation sites (N-methyl/N-ethyl adjacent to an activating group) is 1. The minimum Gasteiger partial charge on any atom is -0.308 e. The van der Waals surface area contributed by atoms with Gasteiger partial charge in [-0.3, -0.25) is 4.79 Å². The highest BCUT2D eigenvalue weighted by Gasteiger charge is 2.24. The molecule has 0 spiro atoms. The second kappa shape index (κ2) is 6.00. The van der Waals surface area contributed by atoms with Crippen molar-refractivity contribution in [3.63, 3.8) is 0 Å². The smallest absolute Gasteiger partial charge is 0.251 e. The molecule has 0 bridgehead atoms. The van der Waals surface area contributed by atoms with Crippen LogP contribution in [0.1, 0.15) is 19.9 Å². The van der Waals surface area contributed by atoms with E-state index in [1.54, 1.807) is 19.9 Å². The van der Waals surface area contributed by atoms with Gasteiger partial charge in [-0.05, 0) is 32.0 Å². The Morgan fingerprint density at radius 3 is 2.85 bits per heavy atom. The normalized spacial score (nSPS) is 12.2. The van der Waals surface area contributed by atoms with Crippen LogP contribution in [0.2, 0.25) is 5.02 Å². The molecule has 1 heterocycles. The number of halogens is 2. The van der Waals surface area contributed by atoms with Crippen LogP contribution in [0.5, 0.6) is 0 Å². The molecule has 0 aliphatic carbocycles. The van der Waals surface area contributed by atoms with E-state index in [2.05, 4.69) is 10.1 Å². The summed E-state index contributed by atoms with van der Waals surface area (Å²) in [6.45, 7) is 3.81. The molecule has 0 radical (unpaired) electrons. The summed E-state index contributed by atoms with van der Waals surface area (Å²) in [5.74, 6) is -0.794. The second-order valence-corrected chi connectivity index (χ2v) is 4.67. The van der Waals surface area contributed by atoms with Gasteiger partial charge >= 0.3 is 0 Å². The monoisotopic (exact) mass is 296 g/mol. The molecule has 5 nitrogen and oxygen atoms in total. The lowest BCUT2D eigenvalue weighted by Crippen LogP contribution is -2.37. The standard InChI is InChI=1S/C13H14ClFN4O/c1-3-18(12-5-4-10(14)6-11(12)15)13(20)9(2)19-8-16-7-17-19/h4-9H,3H2,1-2H3/t9-/m0/s1. The Hall–Kier alpha value is -1.95. The van der Waals surface area contributed by atoms with E-state index in [1.807, 2.05) is 0 Å². The molecule has 1 amide bonds. The first-order chi connectivity index (χ1) is 9.54. The maximum absolute atomic E-state index is 13.9. The maximum Gasteiger partial charge on any atom is 0.251 e.